The summed E-state index contributed by atoms with van der Waals surface area (Å²) in [5, 5.41) is 3.53. The fourth-order valence-electron chi connectivity index (χ4n) is 2.48. The molecule has 0 aromatic rings. The highest BCUT2D eigenvalue weighted by Gasteiger charge is 2.22. The summed E-state index contributed by atoms with van der Waals surface area (Å²) in [5.41, 5.74) is 1.80. The molecular formula is C15H30N2O. The number of rotatable bonds is 8. The Morgan fingerprint density at radius 2 is 2.22 bits per heavy atom. The maximum absolute atomic E-state index is 5.19. The highest BCUT2D eigenvalue weighted by molar-refractivity contribution is 5.08. The van der Waals surface area contributed by atoms with Crippen molar-refractivity contribution in [1.82, 2.24) is 10.2 Å². The zero-order chi connectivity index (χ0) is 13.4. The van der Waals surface area contributed by atoms with Crippen LogP contribution in [0.25, 0.3) is 0 Å². The van der Waals surface area contributed by atoms with Gasteiger partial charge in [0.15, 0.2) is 0 Å². The second-order valence-electron chi connectivity index (χ2n) is 6.12. The smallest absolute Gasteiger partial charge is 0.0673 e. The second kappa shape index (κ2) is 7.93. The van der Waals surface area contributed by atoms with Crippen LogP contribution >= 0.6 is 0 Å². The molecule has 3 nitrogen and oxygen atoms in total. The third-order valence-electron chi connectivity index (χ3n) is 3.40. The van der Waals surface area contributed by atoms with Gasteiger partial charge in [-0.15, -0.1) is 0 Å². The number of nitrogens with zero attached hydrogens (tertiary/aromatic N) is 1. The third-order valence-corrected chi connectivity index (χ3v) is 3.40. The van der Waals surface area contributed by atoms with Gasteiger partial charge in [-0.3, -0.25) is 4.90 Å². The van der Waals surface area contributed by atoms with Gasteiger partial charge in [0.05, 0.1) is 6.61 Å². The van der Waals surface area contributed by atoms with Crippen molar-refractivity contribution in [2.24, 2.45) is 5.41 Å². The van der Waals surface area contributed by atoms with Crippen LogP contribution in [0.3, 0.4) is 0 Å². The number of ether oxygens (including phenoxy) is 1. The molecule has 1 heterocycles. The van der Waals surface area contributed by atoms with Gasteiger partial charge in [-0.25, -0.2) is 0 Å². The molecule has 0 unspecified atom stereocenters. The summed E-state index contributed by atoms with van der Waals surface area (Å²) in [6.07, 6.45) is 4.71. The van der Waals surface area contributed by atoms with Crippen molar-refractivity contribution >= 4 is 0 Å². The summed E-state index contributed by atoms with van der Waals surface area (Å²) in [6.45, 7) is 13.4. The van der Waals surface area contributed by atoms with Crippen molar-refractivity contribution in [3.05, 3.63) is 11.6 Å². The molecule has 3 heteroatoms. The number of hydrogen-bond donors (Lipinski definition) is 1. The van der Waals surface area contributed by atoms with Gasteiger partial charge in [0, 0.05) is 33.3 Å². The molecule has 0 aromatic carbocycles. The lowest BCUT2D eigenvalue weighted by Gasteiger charge is -2.34. The third kappa shape index (κ3) is 5.98. The van der Waals surface area contributed by atoms with Gasteiger partial charge >= 0.3 is 0 Å². The van der Waals surface area contributed by atoms with Gasteiger partial charge < -0.3 is 10.1 Å². The monoisotopic (exact) mass is 254 g/mol. The lowest BCUT2D eigenvalue weighted by Crippen LogP contribution is -2.42. The van der Waals surface area contributed by atoms with E-state index in [0.717, 1.165) is 32.7 Å². The fraction of sp³-hybridized carbons (Fsp3) is 0.867. The van der Waals surface area contributed by atoms with Crippen LogP contribution in [0.15, 0.2) is 11.6 Å². The van der Waals surface area contributed by atoms with Crippen molar-refractivity contribution in [3.8, 4) is 0 Å². The van der Waals surface area contributed by atoms with E-state index in [0.29, 0.717) is 5.41 Å². The topological polar surface area (TPSA) is 24.5 Å². The minimum absolute atomic E-state index is 0.349. The van der Waals surface area contributed by atoms with Crippen molar-refractivity contribution < 1.29 is 4.74 Å². The van der Waals surface area contributed by atoms with Crippen molar-refractivity contribution in [2.45, 2.75) is 33.6 Å². The van der Waals surface area contributed by atoms with Gasteiger partial charge in [0.2, 0.25) is 0 Å². The Morgan fingerprint density at radius 3 is 2.78 bits per heavy atom. The Kier molecular flexibility index (Phi) is 6.90. The summed E-state index contributed by atoms with van der Waals surface area (Å²) in [7, 11) is 1.77. The molecule has 0 amide bonds. The normalized spacial score (nSPS) is 17.9. The Balaban J connectivity index is 2.30. The van der Waals surface area contributed by atoms with Crippen LogP contribution in [0.5, 0.6) is 0 Å². The fourth-order valence-corrected chi connectivity index (χ4v) is 2.48. The quantitative estimate of drug-likeness (QED) is 0.531. The SMILES string of the molecule is CCCNCC(C)(C)CN1CC=C(COC)CC1. The number of nitrogens with one attached hydrogen (secondary N) is 1. The molecule has 0 saturated carbocycles. The Hall–Kier alpha value is -0.380. The van der Waals surface area contributed by atoms with Gasteiger partial charge in [0.1, 0.15) is 0 Å². The average molecular weight is 254 g/mol. The lowest BCUT2D eigenvalue weighted by molar-refractivity contribution is 0.173. The molecule has 1 aliphatic heterocycles. The minimum atomic E-state index is 0.349. The number of methoxy groups -OCH3 is 1. The van der Waals surface area contributed by atoms with E-state index in [1.54, 1.807) is 7.11 Å². The minimum Gasteiger partial charge on any atom is -0.380 e. The molecule has 106 valence electrons. The van der Waals surface area contributed by atoms with Crippen LogP contribution in [0.4, 0.5) is 0 Å². The zero-order valence-corrected chi connectivity index (χ0v) is 12.6. The molecule has 0 spiro atoms. The lowest BCUT2D eigenvalue weighted by atomic mass is 9.91. The van der Waals surface area contributed by atoms with E-state index in [1.807, 2.05) is 0 Å². The molecule has 0 radical (unpaired) electrons. The molecule has 1 N–H and O–H groups in total. The van der Waals surface area contributed by atoms with E-state index in [9.17, 15) is 0 Å². The maximum Gasteiger partial charge on any atom is 0.0673 e. The molecule has 0 saturated heterocycles. The summed E-state index contributed by atoms with van der Waals surface area (Å²) < 4.78 is 5.19. The highest BCUT2D eigenvalue weighted by Crippen LogP contribution is 2.19. The zero-order valence-electron chi connectivity index (χ0n) is 12.6. The van der Waals surface area contributed by atoms with Crippen LogP contribution in [-0.4, -0.2) is 51.3 Å². The molecule has 0 fully saturated rings. The molecule has 0 aromatic heterocycles. The first-order valence-electron chi connectivity index (χ1n) is 7.17. The van der Waals surface area contributed by atoms with E-state index in [4.69, 9.17) is 4.74 Å². The van der Waals surface area contributed by atoms with Crippen molar-refractivity contribution in [2.75, 3.05) is 46.4 Å². The van der Waals surface area contributed by atoms with Crippen molar-refractivity contribution in [3.63, 3.8) is 0 Å². The summed E-state index contributed by atoms with van der Waals surface area (Å²) in [6, 6.07) is 0. The molecular weight excluding hydrogens is 224 g/mol. The highest BCUT2D eigenvalue weighted by atomic mass is 16.5. The van der Waals surface area contributed by atoms with Crippen LogP contribution in [0.1, 0.15) is 33.6 Å². The van der Waals surface area contributed by atoms with Gasteiger partial charge in [-0.05, 0) is 30.4 Å². The van der Waals surface area contributed by atoms with E-state index < -0.39 is 0 Å². The molecule has 1 aliphatic rings. The second-order valence-corrected chi connectivity index (χ2v) is 6.12. The molecule has 0 aliphatic carbocycles. The first kappa shape index (κ1) is 15.7. The first-order valence-corrected chi connectivity index (χ1v) is 7.17. The van der Waals surface area contributed by atoms with Gasteiger partial charge in [0.25, 0.3) is 0 Å². The van der Waals surface area contributed by atoms with E-state index in [-0.39, 0.29) is 0 Å². The first-order chi connectivity index (χ1) is 8.57. The summed E-state index contributed by atoms with van der Waals surface area (Å²) in [4.78, 5) is 2.55. The molecule has 0 bridgehead atoms. The van der Waals surface area contributed by atoms with Crippen molar-refractivity contribution in [1.29, 1.82) is 0 Å². The Morgan fingerprint density at radius 1 is 1.44 bits per heavy atom. The molecule has 0 atom stereocenters. The Bertz CT molecular complexity index is 261. The van der Waals surface area contributed by atoms with Crippen LogP contribution < -0.4 is 5.32 Å². The van der Waals surface area contributed by atoms with E-state index in [2.05, 4.69) is 37.1 Å². The largest absolute Gasteiger partial charge is 0.380 e. The predicted molar refractivity (Wildman–Crippen MR) is 78.0 cm³/mol. The Labute approximate surface area is 113 Å². The predicted octanol–water partition coefficient (Wildman–Crippen LogP) is 2.29. The van der Waals surface area contributed by atoms with E-state index >= 15 is 0 Å². The standard InChI is InChI=1S/C15H30N2O/c1-5-8-16-12-15(2,3)13-17-9-6-14(7-10-17)11-18-4/h6,16H,5,7-13H2,1-4H3. The average Bonchev–Trinajstić information content (AvgIpc) is 2.32. The summed E-state index contributed by atoms with van der Waals surface area (Å²) >= 11 is 0. The summed E-state index contributed by atoms with van der Waals surface area (Å²) in [5.74, 6) is 0. The van der Waals surface area contributed by atoms with Gasteiger partial charge in [-0.1, -0.05) is 26.8 Å². The molecule has 18 heavy (non-hydrogen) atoms. The van der Waals surface area contributed by atoms with Crippen LogP contribution in [-0.2, 0) is 4.74 Å². The van der Waals surface area contributed by atoms with E-state index in [1.165, 1.54) is 25.1 Å². The van der Waals surface area contributed by atoms with Gasteiger partial charge in [-0.2, -0.15) is 0 Å². The van der Waals surface area contributed by atoms with Crippen LogP contribution in [0, 0.1) is 5.41 Å². The van der Waals surface area contributed by atoms with Crippen LogP contribution in [0.2, 0.25) is 0 Å². The number of hydrogen-bond acceptors (Lipinski definition) is 3. The maximum atomic E-state index is 5.19. The molecule has 1 rings (SSSR count).